The van der Waals surface area contributed by atoms with Gasteiger partial charge in [-0.25, -0.2) is 5.26 Å². The Morgan fingerprint density at radius 1 is 1.05 bits per heavy atom. The van der Waals surface area contributed by atoms with Crippen LogP contribution in [0.15, 0.2) is 0 Å². The molecular formula is C9H21NO6S4. The van der Waals surface area contributed by atoms with Crippen LogP contribution < -0.4 is 0 Å². The van der Waals surface area contributed by atoms with Crippen LogP contribution in [0.2, 0.25) is 0 Å². The van der Waals surface area contributed by atoms with Crippen LogP contribution in [0, 0.1) is 0 Å². The standard InChI is InChI=1S/C9H21NO6S4/c1-10(2-4-17-6-7-19-16-15-11)3-5-18-8-9-20(12,13)14/h11H,2-9H2,1H3,(H,12,13,14). The molecule has 0 amide bonds. The highest BCUT2D eigenvalue weighted by Crippen LogP contribution is 2.08. The van der Waals surface area contributed by atoms with E-state index in [1.165, 1.54) is 11.8 Å². The Kier molecular flexibility index (Phi) is 14.0. The molecule has 0 radical (unpaired) electrons. The summed E-state index contributed by atoms with van der Waals surface area (Å²) in [6, 6.07) is 0. The summed E-state index contributed by atoms with van der Waals surface area (Å²) in [4.78, 5) is 2.17. The van der Waals surface area contributed by atoms with Crippen molar-refractivity contribution in [2.75, 3.05) is 54.7 Å². The second-order valence-corrected chi connectivity index (χ2v) is 8.58. The molecule has 0 fully saturated rings. The fourth-order valence-corrected chi connectivity index (χ4v) is 4.53. The molecule has 2 N–H and O–H groups in total. The van der Waals surface area contributed by atoms with Crippen molar-refractivity contribution in [2.45, 2.75) is 0 Å². The molecule has 122 valence electrons. The van der Waals surface area contributed by atoms with Crippen molar-refractivity contribution in [1.29, 1.82) is 0 Å². The second kappa shape index (κ2) is 13.5. The molecule has 0 aliphatic heterocycles. The molecule has 0 unspecified atom stereocenters. The van der Waals surface area contributed by atoms with Crippen molar-refractivity contribution < 1.29 is 27.6 Å². The van der Waals surface area contributed by atoms with E-state index in [0.29, 0.717) is 5.75 Å². The Bertz CT molecular complexity index is 316. The van der Waals surface area contributed by atoms with Gasteiger partial charge in [-0.1, -0.05) is 5.04 Å². The highest BCUT2D eigenvalue weighted by Gasteiger charge is 2.04. The lowest BCUT2D eigenvalue weighted by atomic mass is 10.6. The van der Waals surface area contributed by atoms with Gasteiger partial charge in [0.15, 0.2) is 0 Å². The minimum absolute atomic E-state index is 0.186. The lowest BCUT2D eigenvalue weighted by Crippen LogP contribution is -2.24. The van der Waals surface area contributed by atoms with Gasteiger partial charge in [-0.3, -0.25) is 4.55 Å². The summed E-state index contributed by atoms with van der Waals surface area (Å²) < 4.78 is 33.8. The van der Waals surface area contributed by atoms with E-state index in [0.717, 1.165) is 48.1 Å². The third-order valence-electron chi connectivity index (χ3n) is 2.11. The fraction of sp³-hybridized carbons (Fsp3) is 1.00. The Labute approximate surface area is 133 Å². The highest BCUT2D eigenvalue weighted by atomic mass is 32.2. The monoisotopic (exact) mass is 367 g/mol. The van der Waals surface area contributed by atoms with Crippen LogP contribution in [0.25, 0.3) is 0 Å². The molecule has 7 nitrogen and oxygen atoms in total. The van der Waals surface area contributed by atoms with Crippen LogP contribution in [0.4, 0.5) is 0 Å². The van der Waals surface area contributed by atoms with Gasteiger partial charge in [-0.05, 0) is 7.05 Å². The maximum Gasteiger partial charge on any atom is 0.265 e. The summed E-state index contributed by atoms with van der Waals surface area (Å²) >= 11 is 4.35. The Morgan fingerprint density at radius 3 is 2.20 bits per heavy atom. The summed E-state index contributed by atoms with van der Waals surface area (Å²) in [7, 11) is -1.81. The van der Waals surface area contributed by atoms with Crippen LogP contribution in [0.5, 0.6) is 0 Å². The number of hydrogen-bond donors (Lipinski definition) is 2. The average molecular weight is 368 g/mol. The van der Waals surface area contributed by atoms with Crippen molar-refractivity contribution in [3.05, 3.63) is 0 Å². The maximum atomic E-state index is 10.5. The topological polar surface area (TPSA) is 96.3 Å². The van der Waals surface area contributed by atoms with Crippen molar-refractivity contribution in [3.8, 4) is 0 Å². The first-order valence-electron chi connectivity index (χ1n) is 5.84. The molecule has 0 saturated heterocycles. The van der Waals surface area contributed by atoms with Gasteiger partial charge in [0.05, 0.1) is 5.75 Å². The van der Waals surface area contributed by atoms with Gasteiger partial charge in [0.1, 0.15) is 0 Å². The second-order valence-electron chi connectivity index (χ2n) is 3.78. The molecule has 0 spiro atoms. The molecule has 0 aromatic carbocycles. The van der Waals surface area contributed by atoms with Crippen LogP contribution in [-0.2, 0) is 19.5 Å². The van der Waals surface area contributed by atoms with E-state index >= 15 is 0 Å². The van der Waals surface area contributed by atoms with Crippen LogP contribution >= 0.6 is 35.6 Å². The third kappa shape index (κ3) is 16.9. The minimum Gasteiger partial charge on any atom is -0.305 e. The zero-order valence-electron chi connectivity index (χ0n) is 11.3. The Hall–Kier alpha value is 0.800. The zero-order chi connectivity index (χ0) is 15.3. The predicted molar refractivity (Wildman–Crippen MR) is 85.8 cm³/mol. The van der Waals surface area contributed by atoms with Gasteiger partial charge in [-0.2, -0.15) is 31.9 Å². The molecule has 0 aromatic rings. The number of hydrogen-bond acceptors (Lipinski definition) is 9. The van der Waals surface area contributed by atoms with E-state index in [2.05, 4.69) is 14.3 Å². The van der Waals surface area contributed by atoms with Gasteiger partial charge in [0.25, 0.3) is 10.1 Å². The highest BCUT2D eigenvalue weighted by molar-refractivity contribution is 8.01. The lowest BCUT2D eigenvalue weighted by Gasteiger charge is -2.15. The average Bonchev–Trinajstić information content (AvgIpc) is 2.36. The van der Waals surface area contributed by atoms with Crippen LogP contribution in [0.3, 0.4) is 0 Å². The third-order valence-corrected chi connectivity index (χ3v) is 5.80. The number of thioether (sulfide) groups is 2. The number of rotatable bonds is 14. The molecule has 0 saturated carbocycles. The van der Waals surface area contributed by atoms with Gasteiger partial charge < -0.3 is 4.90 Å². The minimum atomic E-state index is -3.83. The predicted octanol–water partition coefficient (Wildman–Crippen LogP) is 1.34. The largest absolute Gasteiger partial charge is 0.305 e. The van der Waals surface area contributed by atoms with Crippen molar-refractivity contribution in [2.24, 2.45) is 0 Å². The summed E-state index contributed by atoms with van der Waals surface area (Å²) in [5, 5.41) is 11.4. The smallest absolute Gasteiger partial charge is 0.265 e. The zero-order valence-corrected chi connectivity index (χ0v) is 14.5. The van der Waals surface area contributed by atoms with Crippen molar-refractivity contribution in [1.82, 2.24) is 4.90 Å². The summed E-state index contributed by atoms with van der Waals surface area (Å²) in [5.41, 5.74) is 0. The van der Waals surface area contributed by atoms with E-state index < -0.39 is 10.1 Å². The molecule has 0 aliphatic carbocycles. The summed E-state index contributed by atoms with van der Waals surface area (Å²) in [6.07, 6.45) is 0. The van der Waals surface area contributed by atoms with Crippen LogP contribution in [-0.4, -0.2) is 77.8 Å². The molecule has 0 heterocycles. The van der Waals surface area contributed by atoms with Crippen LogP contribution in [0.1, 0.15) is 0 Å². The Balaban J connectivity index is 3.26. The molecule has 0 atom stereocenters. The first-order valence-corrected chi connectivity index (χ1v) is 10.7. The lowest BCUT2D eigenvalue weighted by molar-refractivity contribution is -0.432. The first kappa shape index (κ1) is 20.8. The van der Waals surface area contributed by atoms with Gasteiger partial charge in [0, 0.05) is 53.9 Å². The van der Waals surface area contributed by atoms with E-state index in [4.69, 9.17) is 9.81 Å². The fourth-order valence-electron chi connectivity index (χ4n) is 1.07. The van der Waals surface area contributed by atoms with E-state index in [1.807, 2.05) is 7.05 Å². The van der Waals surface area contributed by atoms with Gasteiger partial charge in [0.2, 0.25) is 0 Å². The maximum absolute atomic E-state index is 10.5. The number of nitrogens with zero attached hydrogens (tertiary/aromatic N) is 1. The molecule has 11 heteroatoms. The molecule has 20 heavy (non-hydrogen) atoms. The quantitative estimate of drug-likeness (QED) is 0.154. The van der Waals surface area contributed by atoms with Gasteiger partial charge in [-0.15, -0.1) is 4.33 Å². The molecule has 0 bridgehead atoms. The summed E-state index contributed by atoms with van der Waals surface area (Å²) in [6.45, 7) is 1.83. The Morgan fingerprint density at radius 2 is 1.65 bits per heavy atom. The van der Waals surface area contributed by atoms with E-state index in [9.17, 15) is 8.42 Å². The normalized spacial score (nSPS) is 12.2. The SMILES string of the molecule is CN(CCSCCSOOO)CCSCCS(=O)(=O)O. The van der Waals surface area contributed by atoms with E-state index in [1.54, 1.807) is 11.8 Å². The molecule has 0 aromatic heterocycles. The molecular weight excluding hydrogens is 346 g/mol. The first-order chi connectivity index (χ1) is 9.45. The molecule has 0 rings (SSSR count). The van der Waals surface area contributed by atoms with Crippen molar-refractivity contribution >= 4 is 45.7 Å². The van der Waals surface area contributed by atoms with Crippen molar-refractivity contribution in [3.63, 3.8) is 0 Å². The summed E-state index contributed by atoms with van der Waals surface area (Å²) in [5.74, 6) is 3.71. The van der Waals surface area contributed by atoms with Gasteiger partial charge >= 0.3 is 0 Å². The molecule has 0 aliphatic rings. The van der Waals surface area contributed by atoms with E-state index in [-0.39, 0.29) is 5.75 Å².